The Hall–Kier alpha value is -3.60. The lowest BCUT2D eigenvalue weighted by molar-refractivity contribution is -0.121. The highest BCUT2D eigenvalue weighted by atomic mass is 16.5. The van der Waals surface area contributed by atoms with E-state index >= 15 is 0 Å². The fourth-order valence-corrected chi connectivity index (χ4v) is 2.93. The Morgan fingerprint density at radius 3 is 2.17 bits per heavy atom. The number of ether oxygens (including phenoxy) is 1. The second kappa shape index (κ2) is 10.1. The van der Waals surface area contributed by atoms with Crippen LogP contribution in [-0.4, -0.2) is 18.4 Å². The van der Waals surface area contributed by atoms with Gasteiger partial charge in [0.1, 0.15) is 5.75 Å². The molecule has 3 rings (SSSR count). The lowest BCUT2D eigenvalue weighted by Crippen LogP contribution is -2.34. The summed E-state index contributed by atoms with van der Waals surface area (Å²) in [6, 6.07) is 26.4. The maximum absolute atomic E-state index is 12.3. The van der Waals surface area contributed by atoms with Gasteiger partial charge in [-0.25, -0.2) is 0 Å². The summed E-state index contributed by atoms with van der Waals surface area (Å²) in [5.74, 6) is 0.995. The molecule has 5 nitrogen and oxygen atoms in total. The maximum atomic E-state index is 12.3. The molecule has 0 atom stereocenters. The molecule has 0 saturated heterocycles. The minimum atomic E-state index is -0.148. The predicted molar refractivity (Wildman–Crippen MR) is 114 cm³/mol. The Morgan fingerprint density at radius 1 is 0.862 bits per heavy atom. The molecule has 0 spiro atoms. The average Bonchev–Trinajstić information content (AvgIpc) is 2.75. The summed E-state index contributed by atoms with van der Waals surface area (Å²) in [6.45, 7) is 2.22. The van der Waals surface area contributed by atoms with E-state index in [0.717, 1.165) is 5.56 Å². The molecule has 0 aliphatic rings. The molecule has 0 radical (unpaired) electrons. The van der Waals surface area contributed by atoms with E-state index in [1.165, 1.54) is 6.92 Å². The maximum Gasteiger partial charge on any atom is 0.223 e. The third-order valence-corrected chi connectivity index (χ3v) is 4.40. The quantitative estimate of drug-likeness (QED) is 0.616. The normalized spacial score (nSPS) is 10.2. The SMILES string of the molecule is CC(=O)N(CCC(=O)NCc1ccccc1)c1ccccc1Oc1ccccc1. The first-order chi connectivity index (χ1) is 14.1. The largest absolute Gasteiger partial charge is 0.455 e. The van der Waals surface area contributed by atoms with Crippen LogP contribution in [0.25, 0.3) is 0 Å². The number of benzene rings is 3. The van der Waals surface area contributed by atoms with Crippen molar-refractivity contribution in [3.05, 3.63) is 90.5 Å². The Bertz CT molecular complexity index is 943. The van der Waals surface area contributed by atoms with Gasteiger partial charge in [0.15, 0.2) is 5.75 Å². The first-order valence-corrected chi connectivity index (χ1v) is 9.54. The Kier molecular flexibility index (Phi) is 7.00. The van der Waals surface area contributed by atoms with Crippen LogP contribution in [0.2, 0.25) is 0 Å². The molecular weight excluding hydrogens is 364 g/mol. The zero-order valence-corrected chi connectivity index (χ0v) is 16.4. The molecule has 0 saturated carbocycles. The molecule has 0 fully saturated rings. The molecule has 1 N–H and O–H groups in total. The van der Waals surface area contributed by atoms with Crippen LogP contribution in [0.4, 0.5) is 5.69 Å². The van der Waals surface area contributed by atoms with Gasteiger partial charge in [-0.1, -0.05) is 60.7 Å². The van der Waals surface area contributed by atoms with E-state index in [2.05, 4.69) is 5.32 Å². The van der Waals surface area contributed by atoms with Crippen LogP contribution in [0.15, 0.2) is 84.9 Å². The lowest BCUT2D eigenvalue weighted by Gasteiger charge is -2.23. The van der Waals surface area contributed by atoms with Crippen LogP contribution >= 0.6 is 0 Å². The Labute approximate surface area is 170 Å². The second-order valence-electron chi connectivity index (χ2n) is 6.57. The highest BCUT2D eigenvalue weighted by Crippen LogP contribution is 2.32. The number of amides is 2. The summed E-state index contributed by atoms with van der Waals surface area (Å²) < 4.78 is 5.96. The number of carbonyl (C=O) groups is 2. The molecule has 148 valence electrons. The van der Waals surface area contributed by atoms with Gasteiger partial charge >= 0.3 is 0 Å². The van der Waals surface area contributed by atoms with Gasteiger partial charge < -0.3 is 15.0 Å². The molecule has 2 amide bonds. The van der Waals surface area contributed by atoms with Gasteiger partial charge in [0, 0.05) is 26.4 Å². The average molecular weight is 388 g/mol. The van der Waals surface area contributed by atoms with Crippen LogP contribution in [0.3, 0.4) is 0 Å². The molecule has 3 aromatic carbocycles. The minimum absolute atomic E-state index is 0.110. The van der Waals surface area contributed by atoms with Crippen molar-refractivity contribution < 1.29 is 14.3 Å². The van der Waals surface area contributed by atoms with Crippen molar-refractivity contribution >= 4 is 17.5 Å². The van der Waals surface area contributed by atoms with Crippen LogP contribution in [0.1, 0.15) is 18.9 Å². The summed E-state index contributed by atoms with van der Waals surface area (Å²) in [5.41, 5.74) is 1.67. The summed E-state index contributed by atoms with van der Waals surface area (Å²) in [4.78, 5) is 26.1. The summed E-state index contributed by atoms with van der Waals surface area (Å²) in [7, 11) is 0. The summed E-state index contributed by atoms with van der Waals surface area (Å²) in [5, 5.41) is 2.89. The van der Waals surface area contributed by atoms with E-state index in [9.17, 15) is 9.59 Å². The molecule has 0 heterocycles. The third-order valence-electron chi connectivity index (χ3n) is 4.40. The van der Waals surface area contributed by atoms with Crippen LogP contribution in [-0.2, 0) is 16.1 Å². The van der Waals surface area contributed by atoms with Gasteiger partial charge in [-0.3, -0.25) is 9.59 Å². The number of anilines is 1. The number of nitrogens with zero attached hydrogens (tertiary/aromatic N) is 1. The number of rotatable bonds is 8. The van der Waals surface area contributed by atoms with E-state index < -0.39 is 0 Å². The van der Waals surface area contributed by atoms with Crippen LogP contribution in [0, 0.1) is 0 Å². The van der Waals surface area contributed by atoms with Gasteiger partial charge in [0.2, 0.25) is 11.8 Å². The molecule has 0 aliphatic carbocycles. The first-order valence-electron chi connectivity index (χ1n) is 9.54. The number of nitrogens with one attached hydrogen (secondary N) is 1. The highest BCUT2D eigenvalue weighted by Gasteiger charge is 2.18. The minimum Gasteiger partial charge on any atom is -0.455 e. The highest BCUT2D eigenvalue weighted by molar-refractivity contribution is 5.94. The van der Waals surface area contributed by atoms with Crippen molar-refractivity contribution in [1.29, 1.82) is 0 Å². The van der Waals surface area contributed by atoms with Crippen molar-refractivity contribution in [3.63, 3.8) is 0 Å². The van der Waals surface area contributed by atoms with Crippen molar-refractivity contribution in [2.45, 2.75) is 19.9 Å². The first kappa shape index (κ1) is 20.1. The van der Waals surface area contributed by atoms with Gasteiger partial charge in [-0.05, 0) is 29.8 Å². The van der Waals surface area contributed by atoms with Gasteiger partial charge in [0.25, 0.3) is 0 Å². The third kappa shape index (κ3) is 5.94. The van der Waals surface area contributed by atoms with Gasteiger partial charge in [-0.15, -0.1) is 0 Å². The van der Waals surface area contributed by atoms with Crippen molar-refractivity contribution in [3.8, 4) is 11.5 Å². The molecule has 29 heavy (non-hydrogen) atoms. The Balaban J connectivity index is 1.65. The number of hydrogen-bond donors (Lipinski definition) is 1. The Morgan fingerprint density at radius 2 is 1.48 bits per heavy atom. The number of carbonyl (C=O) groups excluding carboxylic acids is 2. The van der Waals surface area contributed by atoms with Crippen molar-refractivity contribution in [1.82, 2.24) is 5.32 Å². The monoisotopic (exact) mass is 388 g/mol. The van der Waals surface area contributed by atoms with E-state index in [4.69, 9.17) is 4.74 Å². The van der Waals surface area contributed by atoms with Crippen LogP contribution in [0.5, 0.6) is 11.5 Å². The zero-order valence-electron chi connectivity index (χ0n) is 16.4. The topological polar surface area (TPSA) is 58.6 Å². The second-order valence-corrected chi connectivity index (χ2v) is 6.57. The predicted octanol–water partition coefficient (Wildman–Crippen LogP) is 4.54. The molecular formula is C24H24N2O3. The summed E-state index contributed by atoms with van der Waals surface area (Å²) in [6.07, 6.45) is 0.200. The van der Waals surface area contributed by atoms with Crippen molar-refractivity contribution in [2.75, 3.05) is 11.4 Å². The fraction of sp³-hybridized carbons (Fsp3) is 0.167. The fourth-order valence-electron chi connectivity index (χ4n) is 2.93. The van der Waals surface area contributed by atoms with Crippen LogP contribution < -0.4 is 15.0 Å². The molecule has 3 aromatic rings. The number of hydrogen-bond acceptors (Lipinski definition) is 3. The molecule has 0 unspecified atom stereocenters. The standard InChI is InChI=1S/C24H24N2O3/c1-19(27)26(17-16-24(28)25-18-20-10-4-2-5-11-20)22-14-8-9-15-23(22)29-21-12-6-3-7-13-21/h2-15H,16-18H2,1H3,(H,25,28). The lowest BCUT2D eigenvalue weighted by atomic mass is 10.2. The molecule has 5 heteroatoms. The van der Waals surface area contributed by atoms with E-state index in [-0.39, 0.29) is 24.8 Å². The number of para-hydroxylation sites is 3. The molecule has 0 aromatic heterocycles. The van der Waals surface area contributed by atoms with Gasteiger partial charge in [0.05, 0.1) is 5.69 Å². The van der Waals surface area contributed by atoms with E-state index in [1.54, 1.807) is 4.90 Å². The van der Waals surface area contributed by atoms with Gasteiger partial charge in [-0.2, -0.15) is 0 Å². The molecule has 0 bridgehead atoms. The molecule has 0 aliphatic heterocycles. The summed E-state index contributed by atoms with van der Waals surface area (Å²) >= 11 is 0. The van der Waals surface area contributed by atoms with E-state index in [0.29, 0.717) is 23.7 Å². The van der Waals surface area contributed by atoms with Crippen molar-refractivity contribution in [2.24, 2.45) is 0 Å². The smallest absolute Gasteiger partial charge is 0.223 e. The zero-order chi connectivity index (χ0) is 20.5. The van der Waals surface area contributed by atoms with E-state index in [1.807, 2.05) is 84.9 Å².